The molecule has 0 radical (unpaired) electrons. The van der Waals surface area contributed by atoms with Gasteiger partial charge in [0.1, 0.15) is 57.0 Å². The Bertz CT molecular complexity index is 3470. The van der Waals surface area contributed by atoms with Gasteiger partial charge in [0.15, 0.2) is 23.3 Å². The Morgan fingerprint density at radius 3 is 1.45 bits per heavy atom. The molecule has 2 aliphatic rings. The molecule has 5 heterocycles. The lowest BCUT2D eigenvalue weighted by Crippen LogP contribution is -2.34. The average Bonchev–Trinajstić information content (AvgIpc) is 4.00. The zero-order valence-electron chi connectivity index (χ0n) is 35.1. The van der Waals surface area contributed by atoms with Crippen LogP contribution in [0.4, 0.5) is 11.4 Å². The third kappa shape index (κ3) is 6.40. The van der Waals surface area contributed by atoms with Crippen molar-refractivity contribution in [3.8, 4) is 68.5 Å². The van der Waals surface area contributed by atoms with Gasteiger partial charge in [-0.3, -0.25) is 8.97 Å². The Balaban J connectivity index is 1.22. The maximum Gasteiger partial charge on any atom is 0.168 e. The first kappa shape index (κ1) is 37.2. The summed E-state index contributed by atoms with van der Waals surface area (Å²) >= 11 is 0. The molecule has 0 fully saturated rings. The lowest BCUT2D eigenvalue weighted by atomic mass is 10.1. The van der Waals surface area contributed by atoms with E-state index in [0.717, 1.165) is 49.6 Å². The number of fused-ring (bicyclic) bond motifs is 20. The van der Waals surface area contributed by atoms with E-state index < -0.39 is 0 Å². The minimum Gasteiger partial charge on any atom is -0.456 e. The molecule has 0 unspecified atom stereocenters. The average molecular weight is 815 g/mol. The monoisotopic (exact) mass is 814 g/mol. The first-order chi connectivity index (χ1) is 29.9. The van der Waals surface area contributed by atoms with Gasteiger partial charge in [0.2, 0.25) is 0 Å². The molecule has 302 valence electrons. The van der Waals surface area contributed by atoms with Crippen molar-refractivity contribution >= 4 is 55.5 Å². The van der Waals surface area contributed by atoms with Gasteiger partial charge in [-0.15, -0.1) is 0 Å². The van der Waals surface area contributed by atoms with Crippen LogP contribution in [-0.2, 0) is 0 Å². The van der Waals surface area contributed by atoms with E-state index in [-0.39, 0.29) is 0 Å². The summed E-state index contributed by atoms with van der Waals surface area (Å²) in [5, 5.41) is 3.33. The standard InChI is InChI=1S/C50H42N10O2/c1-59(2,3)29-15-11-17-31(27-29)61-39-25-13-23-37-41(39)50-56-47(37)54-45-34-20-8-7-19-33(34)43(52-45)51-44-35-21-9-10-22-36(35)46(53-44)55-49-42-38(48(57-49)58-50)24-14-26-40(42)62-32-18-12-16-30(28-32)60(4,5)6/h7-28H,1-6H3,(H2,51,52,53,54,55,56,57,58)/q+2. The minimum atomic E-state index is 0.431. The molecule has 8 bridgehead atoms. The van der Waals surface area contributed by atoms with Crippen LogP contribution >= 0.6 is 0 Å². The van der Waals surface area contributed by atoms with Gasteiger partial charge < -0.3 is 19.4 Å². The molecule has 0 amide bonds. The Morgan fingerprint density at radius 2 is 0.823 bits per heavy atom. The molecule has 0 saturated heterocycles. The Kier molecular flexibility index (Phi) is 8.33. The number of H-pyrrole nitrogens is 2. The molecule has 12 nitrogen and oxygen atoms in total. The third-order valence-electron chi connectivity index (χ3n) is 11.3. The molecule has 9 aromatic rings. The maximum absolute atomic E-state index is 6.75. The van der Waals surface area contributed by atoms with E-state index in [0.29, 0.717) is 83.4 Å². The number of rotatable bonds is 6. The van der Waals surface area contributed by atoms with Crippen LogP contribution in [0.25, 0.3) is 89.7 Å². The van der Waals surface area contributed by atoms with Crippen LogP contribution in [0.2, 0.25) is 0 Å². The first-order valence-corrected chi connectivity index (χ1v) is 20.4. The summed E-state index contributed by atoms with van der Waals surface area (Å²) in [6.45, 7) is 0. The van der Waals surface area contributed by atoms with Crippen molar-refractivity contribution in [3.63, 3.8) is 0 Å². The lowest BCUT2D eigenvalue weighted by molar-refractivity contribution is 0.467. The smallest absolute Gasteiger partial charge is 0.168 e. The van der Waals surface area contributed by atoms with E-state index in [4.69, 9.17) is 39.4 Å². The number of aromatic nitrogens is 8. The second-order valence-electron chi connectivity index (χ2n) is 17.3. The van der Waals surface area contributed by atoms with Crippen molar-refractivity contribution in [3.05, 3.63) is 133 Å². The van der Waals surface area contributed by atoms with Gasteiger partial charge in [-0.05, 0) is 36.4 Å². The molecule has 2 N–H and O–H groups in total. The second-order valence-corrected chi connectivity index (χ2v) is 17.3. The normalized spacial score (nSPS) is 12.4. The van der Waals surface area contributed by atoms with Crippen molar-refractivity contribution in [1.82, 2.24) is 48.8 Å². The van der Waals surface area contributed by atoms with Crippen molar-refractivity contribution in [2.45, 2.75) is 0 Å². The molecule has 11 rings (SSSR count). The molecule has 0 saturated carbocycles. The van der Waals surface area contributed by atoms with Gasteiger partial charge in [-0.1, -0.05) is 84.9 Å². The minimum absolute atomic E-state index is 0.431. The molecule has 12 heteroatoms. The van der Waals surface area contributed by atoms with Crippen molar-refractivity contribution in [1.29, 1.82) is 0 Å². The van der Waals surface area contributed by atoms with Gasteiger partial charge in [0.05, 0.1) is 53.2 Å². The molecular weight excluding hydrogens is 773 g/mol. The van der Waals surface area contributed by atoms with Crippen molar-refractivity contribution < 1.29 is 9.47 Å². The quantitative estimate of drug-likeness (QED) is 0.159. The molecule has 0 aliphatic carbocycles. The molecular formula is C50H42N10O2+2. The van der Waals surface area contributed by atoms with Crippen molar-refractivity contribution in [2.24, 2.45) is 0 Å². The largest absolute Gasteiger partial charge is 0.456 e. The van der Waals surface area contributed by atoms with Crippen LogP contribution < -0.4 is 18.4 Å². The van der Waals surface area contributed by atoms with E-state index in [1.807, 2.05) is 109 Å². The molecule has 3 aromatic heterocycles. The fourth-order valence-electron chi connectivity index (χ4n) is 8.08. The number of aromatic amines is 2. The summed E-state index contributed by atoms with van der Waals surface area (Å²) in [6, 6.07) is 44.2. The Labute approximate surface area is 357 Å². The number of benzene rings is 6. The maximum atomic E-state index is 6.75. The van der Waals surface area contributed by atoms with Crippen LogP contribution in [0.3, 0.4) is 0 Å². The van der Waals surface area contributed by atoms with Crippen LogP contribution in [0.15, 0.2) is 133 Å². The Hall–Kier alpha value is -7.80. The van der Waals surface area contributed by atoms with Crippen LogP contribution in [0.5, 0.6) is 23.0 Å². The fraction of sp³-hybridized carbons (Fsp3) is 0.120. The molecule has 6 aromatic carbocycles. The van der Waals surface area contributed by atoms with Crippen LogP contribution in [0, 0.1) is 0 Å². The van der Waals surface area contributed by atoms with Crippen LogP contribution in [0.1, 0.15) is 0 Å². The highest BCUT2D eigenvalue weighted by atomic mass is 16.5. The fourth-order valence-corrected chi connectivity index (χ4v) is 8.08. The number of hydrogen-bond acceptors (Lipinski definition) is 8. The summed E-state index contributed by atoms with van der Waals surface area (Å²) in [4.78, 5) is 38.3. The van der Waals surface area contributed by atoms with Gasteiger partial charge >= 0.3 is 0 Å². The van der Waals surface area contributed by atoms with Gasteiger partial charge in [-0.25, -0.2) is 29.9 Å². The molecule has 0 spiro atoms. The highest BCUT2D eigenvalue weighted by molar-refractivity contribution is 6.09. The zero-order valence-corrected chi connectivity index (χ0v) is 35.1. The van der Waals surface area contributed by atoms with E-state index in [9.17, 15) is 0 Å². The predicted molar refractivity (Wildman–Crippen MR) is 248 cm³/mol. The Morgan fingerprint density at radius 1 is 0.387 bits per heavy atom. The van der Waals surface area contributed by atoms with E-state index in [2.05, 4.69) is 76.5 Å². The number of quaternary nitrogens is 2. The summed E-state index contributed by atoms with van der Waals surface area (Å²) in [7, 11) is 12.8. The predicted octanol–water partition coefficient (Wildman–Crippen LogP) is 10.8. The van der Waals surface area contributed by atoms with Gasteiger partial charge in [0.25, 0.3) is 0 Å². The number of nitrogens with one attached hydrogen (secondary N) is 2. The summed E-state index contributed by atoms with van der Waals surface area (Å²) in [5.41, 5.74) is 7.73. The molecule has 0 atom stereocenters. The van der Waals surface area contributed by atoms with Crippen LogP contribution in [-0.4, -0.2) is 82.2 Å². The highest BCUT2D eigenvalue weighted by Gasteiger charge is 2.26. The van der Waals surface area contributed by atoms with E-state index >= 15 is 0 Å². The zero-order chi connectivity index (χ0) is 42.3. The number of hydrogen-bond donors (Lipinski definition) is 2. The molecule has 62 heavy (non-hydrogen) atoms. The summed E-state index contributed by atoms with van der Waals surface area (Å²) in [6.07, 6.45) is 0. The number of ether oxygens (including phenoxy) is 2. The highest BCUT2D eigenvalue weighted by Crippen LogP contribution is 2.44. The lowest BCUT2D eigenvalue weighted by Gasteiger charge is -2.23. The van der Waals surface area contributed by atoms with Gasteiger partial charge in [-0.2, -0.15) is 0 Å². The van der Waals surface area contributed by atoms with E-state index in [1.54, 1.807) is 0 Å². The van der Waals surface area contributed by atoms with E-state index in [1.165, 1.54) is 0 Å². The molecule has 2 aliphatic heterocycles. The summed E-state index contributed by atoms with van der Waals surface area (Å²) < 4.78 is 14.8. The van der Waals surface area contributed by atoms with Gasteiger partial charge in [0, 0.05) is 45.0 Å². The number of nitrogens with zero attached hydrogens (tertiary/aromatic N) is 8. The first-order valence-electron chi connectivity index (χ1n) is 20.4. The van der Waals surface area contributed by atoms with Crippen molar-refractivity contribution in [2.75, 3.05) is 42.3 Å². The SMILES string of the molecule is C[N+](C)(C)c1cccc(Oc2cccc3c2-c2nc-3nc3[nH]c(nc4nc(nc5[nH]c(n2)c2cccc(Oc6cccc([N+](C)(C)C)c6)c52)-c2ccccc2-4)c2ccccc32)c1. The second kappa shape index (κ2) is 13.9. The topological polar surface area (TPSA) is 127 Å². The summed E-state index contributed by atoms with van der Waals surface area (Å²) in [5.74, 6) is 4.57. The third-order valence-corrected chi connectivity index (χ3v) is 11.3.